The van der Waals surface area contributed by atoms with Crippen molar-refractivity contribution in [2.75, 3.05) is 0 Å². The number of benzene rings is 1. The molecule has 0 amide bonds. The molecule has 2 N–H and O–H groups in total. The van der Waals surface area contributed by atoms with E-state index in [1.54, 1.807) is 23.8 Å². The fourth-order valence-corrected chi connectivity index (χ4v) is 1.69. The molecule has 1 atom stereocenters. The minimum absolute atomic E-state index is 0.304. The molecule has 0 aliphatic rings. The van der Waals surface area contributed by atoms with Crippen molar-refractivity contribution in [2.45, 2.75) is 19.1 Å². The van der Waals surface area contributed by atoms with E-state index >= 15 is 0 Å². The van der Waals surface area contributed by atoms with Crippen molar-refractivity contribution in [3.63, 3.8) is 0 Å². The summed E-state index contributed by atoms with van der Waals surface area (Å²) in [5.41, 5.74) is 6.11. The van der Waals surface area contributed by atoms with Gasteiger partial charge in [-0.25, -0.2) is 4.98 Å². The van der Waals surface area contributed by atoms with Crippen LogP contribution in [0.4, 0.5) is 13.2 Å². The molecule has 0 aliphatic heterocycles. The van der Waals surface area contributed by atoms with Crippen LogP contribution < -0.4 is 5.73 Å². The van der Waals surface area contributed by atoms with Crippen LogP contribution in [0.1, 0.15) is 24.2 Å². The summed E-state index contributed by atoms with van der Waals surface area (Å²) in [7, 11) is 0. The number of hydrogen-bond donors (Lipinski definition) is 1. The number of nitrogens with two attached hydrogens (primary N) is 1. The number of aromatic nitrogens is 2. The van der Waals surface area contributed by atoms with Crippen molar-refractivity contribution in [2.24, 2.45) is 5.73 Å². The van der Waals surface area contributed by atoms with Crippen LogP contribution in [0, 0.1) is 0 Å². The van der Waals surface area contributed by atoms with Crippen molar-refractivity contribution < 1.29 is 13.2 Å². The quantitative estimate of drug-likeness (QED) is 0.896. The fraction of sp³-hybridized carbons (Fsp3) is 0.250. The first kappa shape index (κ1) is 12.6. The number of alkyl halides is 3. The molecule has 2 aromatic rings. The van der Waals surface area contributed by atoms with E-state index in [0.29, 0.717) is 11.4 Å². The van der Waals surface area contributed by atoms with Crippen molar-refractivity contribution in [1.82, 2.24) is 9.55 Å². The van der Waals surface area contributed by atoms with Crippen LogP contribution in [0.5, 0.6) is 0 Å². The molecule has 0 radical (unpaired) electrons. The Bertz CT molecular complexity index is 543. The fourth-order valence-electron chi connectivity index (χ4n) is 1.69. The topological polar surface area (TPSA) is 43.8 Å². The molecule has 0 unspecified atom stereocenters. The number of imidazole rings is 1. The lowest BCUT2D eigenvalue weighted by Gasteiger charge is -2.13. The lowest BCUT2D eigenvalue weighted by Crippen LogP contribution is -2.11. The van der Waals surface area contributed by atoms with Gasteiger partial charge in [0, 0.05) is 11.7 Å². The third kappa shape index (κ3) is 2.38. The van der Waals surface area contributed by atoms with Gasteiger partial charge in [0.1, 0.15) is 0 Å². The van der Waals surface area contributed by atoms with Crippen LogP contribution in [0.2, 0.25) is 0 Å². The monoisotopic (exact) mass is 255 g/mol. The molecule has 6 heteroatoms. The third-order valence-corrected chi connectivity index (χ3v) is 2.59. The summed E-state index contributed by atoms with van der Waals surface area (Å²) in [4.78, 5) is 3.91. The maximum Gasteiger partial charge on any atom is 0.416 e. The second-order valence-corrected chi connectivity index (χ2v) is 4.03. The molecular weight excluding hydrogens is 243 g/mol. The largest absolute Gasteiger partial charge is 0.416 e. The summed E-state index contributed by atoms with van der Waals surface area (Å²) in [5.74, 6) is 0. The Morgan fingerprint density at radius 1 is 1.33 bits per heavy atom. The highest BCUT2D eigenvalue weighted by molar-refractivity contribution is 5.38. The van der Waals surface area contributed by atoms with E-state index in [1.165, 1.54) is 12.4 Å². The zero-order valence-corrected chi connectivity index (χ0v) is 9.65. The Morgan fingerprint density at radius 2 is 2.06 bits per heavy atom. The van der Waals surface area contributed by atoms with Gasteiger partial charge in [-0.15, -0.1) is 0 Å². The second-order valence-electron chi connectivity index (χ2n) is 4.03. The van der Waals surface area contributed by atoms with Crippen molar-refractivity contribution >= 4 is 0 Å². The SMILES string of the molecule is C[C@@H](N)c1cncn1-c1cccc(C(F)(F)F)c1. The second kappa shape index (κ2) is 4.45. The van der Waals surface area contributed by atoms with Gasteiger partial charge in [-0.05, 0) is 25.1 Å². The van der Waals surface area contributed by atoms with E-state index in [0.717, 1.165) is 12.1 Å². The molecule has 0 bridgehead atoms. The van der Waals surface area contributed by atoms with E-state index in [-0.39, 0.29) is 6.04 Å². The van der Waals surface area contributed by atoms with Crippen LogP contribution in [-0.4, -0.2) is 9.55 Å². The maximum atomic E-state index is 12.6. The molecule has 0 saturated heterocycles. The Balaban J connectivity index is 2.48. The molecule has 2 rings (SSSR count). The normalized spacial score (nSPS) is 13.6. The smallest absolute Gasteiger partial charge is 0.323 e. The third-order valence-electron chi connectivity index (χ3n) is 2.59. The summed E-state index contributed by atoms with van der Waals surface area (Å²) in [5, 5.41) is 0. The number of halogens is 3. The van der Waals surface area contributed by atoms with Crippen LogP contribution >= 0.6 is 0 Å². The van der Waals surface area contributed by atoms with Crippen LogP contribution in [0.25, 0.3) is 5.69 Å². The molecule has 18 heavy (non-hydrogen) atoms. The average molecular weight is 255 g/mol. The predicted octanol–water partition coefficient (Wildman–Crippen LogP) is 2.91. The molecule has 96 valence electrons. The highest BCUT2D eigenvalue weighted by Crippen LogP contribution is 2.30. The molecule has 3 nitrogen and oxygen atoms in total. The molecule has 0 saturated carbocycles. The lowest BCUT2D eigenvalue weighted by molar-refractivity contribution is -0.137. The minimum Gasteiger partial charge on any atom is -0.323 e. The number of hydrogen-bond acceptors (Lipinski definition) is 2. The highest BCUT2D eigenvalue weighted by Gasteiger charge is 2.30. The standard InChI is InChI=1S/C12H12F3N3/c1-8(16)11-6-17-7-18(11)10-4-2-3-9(5-10)12(13,14)15/h2-8H,16H2,1H3/t8-/m1/s1. The van der Waals surface area contributed by atoms with Gasteiger partial charge in [-0.3, -0.25) is 0 Å². The van der Waals surface area contributed by atoms with Crippen LogP contribution in [-0.2, 0) is 6.18 Å². The molecule has 0 fully saturated rings. The van der Waals surface area contributed by atoms with Gasteiger partial charge in [0.2, 0.25) is 0 Å². The molecule has 1 heterocycles. The molecule has 1 aromatic carbocycles. The molecule has 1 aromatic heterocycles. The minimum atomic E-state index is -4.36. The van der Waals surface area contributed by atoms with E-state index in [9.17, 15) is 13.2 Å². The van der Waals surface area contributed by atoms with E-state index in [4.69, 9.17) is 5.73 Å². The number of nitrogens with zero attached hydrogens (tertiary/aromatic N) is 2. The van der Waals surface area contributed by atoms with E-state index in [2.05, 4.69) is 4.98 Å². The zero-order chi connectivity index (χ0) is 13.3. The van der Waals surface area contributed by atoms with Crippen LogP contribution in [0.15, 0.2) is 36.8 Å². The maximum absolute atomic E-state index is 12.6. The Morgan fingerprint density at radius 3 is 2.67 bits per heavy atom. The first-order valence-corrected chi connectivity index (χ1v) is 5.35. The predicted molar refractivity (Wildman–Crippen MR) is 61.2 cm³/mol. The molecular formula is C12H12F3N3. The van der Waals surface area contributed by atoms with Gasteiger partial charge in [0.15, 0.2) is 0 Å². The van der Waals surface area contributed by atoms with Gasteiger partial charge in [0.05, 0.1) is 23.8 Å². The summed E-state index contributed by atoms with van der Waals surface area (Å²) in [6.07, 6.45) is -1.36. The first-order chi connectivity index (χ1) is 8.39. The molecule has 0 spiro atoms. The van der Waals surface area contributed by atoms with Gasteiger partial charge in [-0.1, -0.05) is 6.07 Å². The van der Waals surface area contributed by atoms with Gasteiger partial charge in [0.25, 0.3) is 0 Å². The highest BCUT2D eigenvalue weighted by atomic mass is 19.4. The summed E-state index contributed by atoms with van der Waals surface area (Å²) < 4.78 is 39.4. The van der Waals surface area contributed by atoms with Gasteiger partial charge in [-0.2, -0.15) is 13.2 Å². The summed E-state index contributed by atoms with van der Waals surface area (Å²) in [6, 6.07) is 4.76. The van der Waals surface area contributed by atoms with E-state index in [1.807, 2.05) is 0 Å². The van der Waals surface area contributed by atoms with Crippen molar-refractivity contribution in [3.05, 3.63) is 48.0 Å². The van der Waals surface area contributed by atoms with Crippen LogP contribution in [0.3, 0.4) is 0 Å². The lowest BCUT2D eigenvalue weighted by atomic mass is 10.2. The first-order valence-electron chi connectivity index (χ1n) is 5.35. The van der Waals surface area contributed by atoms with Gasteiger partial charge < -0.3 is 10.3 Å². The Kier molecular flexibility index (Phi) is 3.13. The summed E-state index contributed by atoms with van der Waals surface area (Å²) >= 11 is 0. The van der Waals surface area contributed by atoms with E-state index < -0.39 is 11.7 Å². The molecule has 0 aliphatic carbocycles. The summed E-state index contributed by atoms with van der Waals surface area (Å²) in [6.45, 7) is 1.75. The van der Waals surface area contributed by atoms with Crippen molar-refractivity contribution in [1.29, 1.82) is 0 Å². The Labute approximate surface area is 102 Å². The van der Waals surface area contributed by atoms with Gasteiger partial charge >= 0.3 is 6.18 Å². The van der Waals surface area contributed by atoms with Crippen molar-refractivity contribution in [3.8, 4) is 5.69 Å². The Hall–Kier alpha value is -1.82. The average Bonchev–Trinajstić information content (AvgIpc) is 2.77. The zero-order valence-electron chi connectivity index (χ0n) is 9.65. The number of rotatable bonds is 2.